The molecular weight excluding hydrogens is 308 g/mol. The maximum absolute atomic E-state index is 12.8. The fourth-order valence-corrected chi connectivity index (χ4v) is 4.59. The molecule has 4 nitrogen and oxygen atoms in total. The largest absolute Gasteiger partial charge is 0.341 e. The van der Waals surface area contributed by atoms with Crippen LogP contribution in [0.3, 0.4) is 0 Å². The number of rotatable bonds is 2. The molecule has 2 heterocycles. The molecule has 0 spiro atoms. The minimum Gasteiger partial charge on any atom is -0.341 e. The Bertz CT molecular complexity index is 594. The van der Waals surface area contributed by atoms with Crippen molar-refractivity contribution in [2.24, 2.45) is 11.8 Å². The van der Waals surface area contributed by atoms with E-state index >= 15 is 0 Å². The first-order valence-electron chi connectivity index (χ1n) is 8.34. The van der Waals surface area contributed by atoms with Crippen LogP contribution in [0.1, 0.15) is 26.7 Å². The van der Waals surface area contributed by atoms with E-state index in [2.05, 4.69) is 13.8 Å². The maximum Gasteiger partial charge on any atom is 0.242 e. The lowest BCUT2D eigenvalue weighted by atomic mass is 9.92. The summed E-state index contributed by atoms with van der Waals surface area (Å²) >= 11 is 1.69. The Morgan fingerprint density at radius 1 is 1.22 bits per heavy atom. The Morgan fingerprint density at radius 2 is 1.91 bits per heavy atom. The first kappa shape index (κ1) is 16.4. The smallest absolute Gasteiger partial charge is 0.242 e. The summed E-state index contributed by atoms with van der Waals surface area (Å²) in [7, 11) is 0. The number of anilines is 1. The second-order valence-corrected chi connectivity index (χ2v) is 7.93. The Labute approximate surface area is 142 Å². The topological polar surface area (TPSA) is 40.6 Å². The van der Waals surface area contributed by atoms with E-state index in [1.807, 2.05) is 29.2 Å². The molecule has 2 amide bonds. The summed E-state index contributed by atoms with van der Waals surface area (Å²) in [5.41, 5.74) is 0.881. The zero-order valence-electron chi connectivity index (χ0n) is 13.8. The Kier molecular flexibility index (Phi) is 4.95. The third-order valence-electron chi connectivity index (χ3n) is 4.55. The summed E-state index contributed by atoms with van der Waals surface area (Å²) in [6.45, 7) is 6.16. The van der Waals surface area contributed by atoms with Gasteiger partial charge in [0.2, 0.25) is 11.8 Å². The minimum atomic E-state index is 0.0499. The summed E-state index contributed by atoms with van der Waals surface area (Å²) < 4.78 is 0. The number of hydrogen-bond acceptors (Lipinski definition) is 3. The van der Waals surface area contributed by atoms with Crippen molar-refractivity contribution in [3.05, 3.63) is 24.3 Å². The molecule has 1 aromatic rings. The summed E-state index contributed by atoms with van der Waals surface area (Å²) in [5, 5.41) is 0. The maximum atomic E-state index is 12.8. The van der Waals surface area contributed by atoms with Crippen molar-refractivity contribution in [3.8, 4) is 0 Å². The highest BCUT2D eigenvalue weighted by molar-refractivity contribution is 7.99. The molecule has 0 bridgehead atoms. The highest BCUT2D eigenvalue weighted by atomic mass is 32.2. The average molecular weight is 332 g/mol. The van der Waals surface area contributed by atoms with Gasteiger partial charge < -0.3 is 9.80 Å². The molecule has 2 aliphatic rings. The molecule has 1 aromatic carbocycles. The molecule has 23 heavy (non-hydrogen) atoms. The molecule has 2 aliphatic heterocycles. The third-order valence-corrected chi connectivity index (χ3v) is 5.61. The number of benzene rings is 1. The van der Waals surface area contributed by atoms with Crippen molar-refractivity contribution in [3.63, 3.8) is 0 Å². The van der Waals surface area contributed by atoms with E-state index in [0.29, 0.717) is 18.3 Å². The Morgan fingerprint density at radius 3 is 2.65 bits per heavy atom. The summed E-state index contributed by atoms with van der Waals surface area (Å²) in [6.07, 6.45) is 1.66. The summed E-state index contributed by atoms with van der Waals surface area (Å²) in [5.74, 6) is 1.96. The van der Waals surface area contributed by atoms with Crippen molar-refractivity contribution in [2.75, 3.05) is 30.3 Å². The predicted molar refractivity (Wildman–Crippen MR) is 93.7 cm³/mol. The molecule has 0 N–H and O–H groups in total. The summed E-state index contributed by atoms with van der Waals surface area (Å²) in [6, 6.07) is 7.89. The van der Waals surface area contributed by atoms with Gasteiger partial charge in [-0.3, -0.25) is 9.59 Å². The van der Waals surface area contributed by atoms with Crippen LogP contribution in [0.5, 0.6) is 0 Å². The third kappa shape index (κ3) is 3.71. The fourth-order valence-electron chi connectivity index (χ4n) is 3.59. The van der Waals surface area contributed by atoms with Gasteiger partial charge in [0.1, 0.15) is 6.54 Å². The van der Waals surface area contributed by atoms with Gasteiger partial charge in [0.15, 0.2) is 0 Å². The molecule has 5 heteroatoms. The van der Waals surface area contributed by atoms with Crippen LogP contribution in [0.2, 0.25) is 0 Å². The van der Waals surface area contributed by atoms with Crippen LogP contribution in [0.25, 0.3) is 0 Å². The number of likely N-dealkylation sites (tertiary alicyclic amines) is 1. The van der Waals surface area contributed by atoms with Crippen LogP contribution in [0, 0.1) is 11.8 Å². The lowest BCUT2D eigenvalue weighted by Gasteiger charge is -2.36. The van der Waals surface area contributed by atoms with Crippen LogP contribution >= 0.6 is 11.8 Å². The van der Waals surface area contributed by atoms with Gasteiger partial charge >= 0.3 is 0 Å². The first-order valence-corrected chi connectivity index (χ1v) is 9.33. The molecule has 2 unspecified atom stereocenters. The van der Waals surface area contributed by atoms with Gasteiger partial charge in [-0.05, 0) is 30.4 Å². The van der Waals surface area contributed by atoms with Crippen LogP contribution in [-0.2, 0) is 9.59 Å². The highest BCUT2D eigenvalue weighted by Crippen LogP contribution is 2.34. The zero-order valence-corrected chi connectivity index (χ0v) is 14.6. The number of hydrogen-bond donors (Lipinski definition) is 0. The molecule has 124 valence electrons. The second-order valence-electron chi connectivity index (χ2n) is 6.79. The van der Waals surface area contributed by atoms with Gasteiger partial charge in [0.25, 0.3) is 0 Å². The molecule has 3 rings (SSSR count). The van der Waals surface area contributed by atoms with E-state index in [-0.39, 0.29) is 18.4 Å². The standard InChI is InChI=1S/C18H24N2O2S/c1-13-9-14(2)11-19(10-13)18(22)12-20-15-5-3-4-6-16(15)23-8-7-17(20)21/h3-6,13-14H,7-12H2,1-2H3. The molecular formula is C18H24N2O2S. The number of nitrogens with zero attached hydrogens (tertiary/aromatic N) is 2. The number of carbonyl (C=O) groups excluding carboxylic acids is 2. The van der Waals surface area contributed by atoms with Gasteiger partial charge in [-0.25, -0.2) is 0 Å². The Hall–Kier alpha value is -1.49. The van der Waals surface area contributed by atoms with E-state index in [4.69, 9.17) is 0 Å². The quantitative estimate of drug-likeness (QED) is 0.836. The molecule has 1 saturated heterocycles. The number of thioether (sulfide) groups is 1. The minimum absolute atomic E-state index is 0.0499. The fraction of sp³-hybridized carbons (Fsp3) is 0.556. The van der Waals surface area contributed by atoms with Crippen molar-refractivity contribution >= 4 is 29.3 Å². The zero-order chi connectivity index (χ0) is 16.4. The lowest BCUT2D eigenvalue weighted by molar-refractivity contribution is -0.133. The predicted octanol–water partition coefficient (Wildman–Crippen LogP) is 3.02. The molecule has 2 atom stereocenters. The first-order chi connectivity index (χ1) is 11.0. The number of amides is 2. The monoisotopic (exact) mass is 332 g/mol. The molecule has 0 saturated carbocycles. The molecule has 1 fully saturated rings. The van der Waals surface area contributed by atoms with Crippen molar-refractivity contribution < 1.29 is 9.59 Å². The van der Waals surface area contributed by atoms with Crippen LogP contribution in [-0.4, -0.2) is 42.1 Å². The second kappa shape index (κ2) is 6.95. The SMILES string of the molecule is CC1CC(C)CN(C(=O)CN2C(=O)CCSc3ccccc32)C1. The Balaban J connectivity index is 1.78. The van der Waals surface area contributed by atoms with E-state index in [0.717, 1.165) is 29.4 Å². The highest BCUT2D eigenvalue weighted by Gasteiger charge is 2.29. The van der Waals surface area contributed by atoms with E-state index in [1.165, 1.54) is 6.42 Å². The van der Waals surface area contributed by atoms with Crippen molar-refractivity contribution in [1.29, 1.82) is 0 Å². The van der Waals surface area contributed by atoms with Gasteiger partial charge in [-0.1, -0.05) is 26.0 Å². The van der Waals surface area contributed by atoms with Crippen molar-refractivity contribution in [1.82, 2.24) is 4.90 Å². The van der Waals surface area contributed by atoms with Crippen molar-refractivity contribution in [2.45, 2.75) is 31.6 Å². The molecule has 0 aromatic heterocycles. The number of piperidine rings is 1. The van der Waals surface area contributed by atoms with Gasteiger partial charge in [0, 0.05) is 30.2 Å². The number of para-hydroxylation sites is 1. The number of fused-ring (bicyclic) bond motifs is 1. The van der Waals surface area contributed by atoms with E-state index < -0.39 is 0 Å². The molecule has 0 aliphatic carbocycles. The van der Waals surface area contributed by atoms with Gasteiger partial charge in [-0.2, -0.15) is 0 Å². The van der Waals surface area contributed by atoms with E-state index in [9.17, 15) is 9.59 Å². The summed E-state index contributed by atoms with van der Waals surface area (Å²) in [4.78, 5) is 29.9. The van der Waals surface area contributed by atoms with Gasteiger partial charge in [0.05, 0.1) is 5.69 Å². The normalized spacial score (nSPS) is 25.0. The van der Waals surface area contributed by atoms with Crippen LogP contribution in [0.15, 0.2) is 29.2 Å². The van der Waals surface area contributed by atoms with E-state index in [1.54, 1.807) is 16.7 Å². The van der Waals surface area contributed by atoms with Crippen LogP contribution in [0.4, 0.5) is 5.69 Å². The number of carbonyl (C=O) groups is 2. The van der Waals surface area contributed by atoms with Crippen LogP contribution < -0.4 is 4.90 Å². The van der Waals surface area contributed by atoms with Gasteiger partial charge in [-0.15, -0.1) is 11.8 Å². The lowest BCUT2D eigenvalue weighted by Crippen LogP contribution is -2.48. The molecule has 0 radical (unpaired) electrons. The average Bonchev–Trinajstić information content (AvgIpc) is 2.66.